The van der Waals surface area contributed by atoms with Gasteiger partial charge in [-0.15, -0.1) is 0 Å². The minimum absolute atomic E-state index is 0.0897. The monoisotopic (exact) mass is 311 g/mol. The fourth-order valence-electron chi connectivity index (χ4n) is 2.37. The number of anilines is 1. The molecule has 0 bridgehead atoms. The number of benzene rings is 1. The van der Waals surface area contributed by atoms with Gasteiger partial charge < -0.3 is 15.4 Å². The van der Waals surface area contributed by atoms with E-state index in [1.54, 1.807) is 19.4 Å². The van der Waals surface area contributed by atoms with Crippen LogP contribution in [-0.4, -0.2) is 30.6 Å². The minimum Gasteiger partial charge on any atom is -0.496 e. The molecule has 0 atom stereocenters. The smallest absolute Gasteiger partial charge is 0.270 e. The summed E-state index contributed by atoms with van der Waals surface area (Å²) in [5, 5.41) is 6.25. The van der Waals surface area contributed by atoms with Crippen LogP contribution in [0.25, 0.3) is 0 Å². The standard InChI is InChI=1S/C18H21N3O2/c1-23-17-5-3-2-4-13(17)10-11-19-15-8-9-16(20-12-15)18(22)21-14-6-7-14/h2-5,8-9,12,14,19H,6-7,10-11H2,1H3,(H,21,22). The molecule has 3 rings (SSSR count). The average molecular weight is 311 g/mol. The SMILES string of the molecule is COc1ccccc1CCNc1ccc(C(=O)NC2CC2)nc1. The Hall–Kier alpha value is -2.56. The molecule has 0 unspecified atom stereocenters. The summed E-state index contributed by atoms with van der Waals surface area (Å²) in [7, 11) is 1.68. The van der Waals surface area contributed by atoms with E-state index in [0.717, 1.165) is 42.8 Å². The molecule has 5 heteroatoms. The number of carbonyl (C=O) groups is 1. The van der Waals surface area contributed by atoms with Gasteiger partial charge in [0.1, 0.15) is 11.4 Å². The molecule has 5 nitrogen and oxygen atoms in total. The number of aromatic nitrogens is 1. The van der Waals surface area contributed by atoms with E-state index in [9.17, 15) is 4.79 Å². The summed E-state index contributed by atoms with van der Waals surface area (Å²) in [6, 6.07) is 12.0. The third-order valence-electron chi connectivity index (χ3n) is 3.82. The summed E-state index contributed by atoms with van der Waals surface area (Å²) < 4.78 is 5.34. The number of nitrogens with one attached hydrogen (secondary N) is 2. The molecular weight excluding hydrogens is 290 g/mol. The first-order valence-corrected chi connectivity index (χ1v) is 7.89. The van der Waals surface area contributed by atoms with Gasteiger partial charge in [-0.1, -0.05) is 18.2 Å². The summed E-state index contributed by atoms with van der Waals surface area (Å²) in [6.45, 7) is 0.773. The molecule has 1 heterocycles. The molecule has 2 N–H and O–H groups in total. The zero-order valence-corrected chi connectivity index (χ0v) is 13.2. The maximum atomic E-state index is 11.9. The highest BCUT2D eigenvalue weighted by Gasteiger charge is 2.24. The highest BCUT2D eigenvalue weighted by molar-refractivity contribution is 5.92. The number of pyridine rings is 1. The van der Waals surface area contributed by atoms with E-state index >= 15 is 0 Å². The van der Waals surface area contributed by atoms with Crippen LogP contribution in [0.1, 0.15) is 28.9 Å². The molecule has 1 aromatic carbocycles. The quantitative estimate of drug-likeness (QED) is 0.825. The third-order valence-corrected chi connectivity index (χ3v) is 3.82. The lowest BCUT2D eigenvalue weighted by Gasteiger charge is -2.10. The van der Waals surface area contributed by atoms with Crippen molar-refractivity contribution in [3.63, 3.8) is 0 Å². The Morgan fingerprint density at radius 1 is 1.26 bits per heavy atom. The van der Waals surface area contributed by atoms with Crippen LogP contribution in [0.4, 0.5) is 5.69 Å². The predicted molar refractivity (Wildman–Crippen MR) is 89.9 cm³/mol. The van der Waals surface area contributed by atoms with E-state index in [0.29, 0.717) is 11.7 Å². The number of rotatable bonds is 7. The largest absolute Gasteiger partial charge is 0.496 e. The second-order valence-corrected chi connectivity index (χ2v) is 5.67. The van der Waals surface area contributed by atoms with Gasteiger partial charge in [0.15, 0.2) is 0 Å². The van der Waals surface area contributed by atoms with Crippen LogP contribution >= 0.6 is 0 Å². The van der Waals surface area contributed by atoms with Crippen molar-refractivity contribution in [2.75, 3.05) is 19.0 Å². The lowest BCUT2D eigenvalue weighted by Crippen LogP contribution is -2.26. The van der Waals surface area contributed by atoms with Gasteiger partial charge in [0, 0.05) is 12.6 Å². The van der Waals surface area contributed by atoms with Crippen molar-refractivity contribution >= 4 is 11.6 Å². The van der Waals surface area contributed by atoms with Gasteiger partial charge in [-0.25, -0.2) is 4.98 Å². The Balaban J connectivity index is 1.51. The van der Waals surface area contributed by atoms with Gasteiger partial charge in [-0.3, -0.25) is 4.79 Å². The fraction of sp³-hybridized carbons (Fsp3) is 0.333. The molecule has 1 aliphatic carbocycles. The van der Waals surface area contributed by atoms with Crippen LogP contribution in [0.5, 0.6) is 5.75 Å². The molecule has 1 saturated carbocycles. The van der Waals surface area contributed by atoms with Crippen LogP contribution < -0.4 is 15.4 Å². The van der Waals surface area contributed by atoms with Crippen LogP contribution in [0, 0.1) is 0 Å². The van der Waals surface area contributed by atoms with E-state index < -0.39 is 0 Å². The van der Waals surface area contributed by atoms with E-state index in [1.165, 1.54) is 0 Å². The number of methoxy groups -OCH3 is 1. The molecule has 1 aliphatic rings. The summed E-state index contributed by atoms with van der Waals surface area (Å²) in [4.78, 5) is 16.1. The van der Waals surface area contributed by atoms with Crippen molar-refractivity contribution < 1.29 is 9.53 Å². The average Bonchev–Trinajstić information content (AvgIpc) is 3.40. The highest BCUT2D eigenvalue weighted by atomic mass is 16.5. The Morgan fingerprint density at radius 2 is 2.09 bits per heavy atom. The maximum absolute atomic E-state index is 11.9. The number of amides is 1. The molecule has 2 aromatic rings. The fourth-order valence-corrected chi connectivity index (χ4v) is 2.37. The van der Waals surface area contributed by atoms with Crippen molar-refractivity contribution in [2.24, 2.45) is 0 Å². The molecular formula is C18H21N3O2. The maximum Gasteiger partial charge on any atom is 0.270 e. The van der Waals surface area contributed by atoms with Gasteiger partial charge in [0.2, 0.25) is 0 Å². The first-order valence-electron chi connectivity index (χ1n) is 7.89. The summed E-state index contributed by atoms with van der Waals surface area (Å²) in [6.07, 6.45) is 4.71. The van der Waals surface area contributed by atoms with E-state index in [2.05, 4.69) is 21.7 Å². The molecule has 1 aromatic heterocycles. The zero-order valence-electron chi connectivity index (χ0n) is 13.2. The molecule has 0 aliphatic heterocycles. The molecule has 120 valence electrons. The van der Waals surface area contributed by atoms with E-state index in [1.807, 2.05) is 24.3 Å². The first kappa shape index (κ1) is 15.3. The summed E-state index contributed by atoms with van der Waals surface area (Å²) in [5.41, 5.74) is 2.53. The molecule has 0 saturated heterocycles. The Bertz CT molecular complexity index is 666. The van der Waals surface area contributed by atoms with Gasteiger partial charge in [-0.2, -0.15) is 0 Å². The molecule has 0 radical (unpaired) electrons. The summed E-state index contributed by atoms with van der Waals surface area (Å²) in [5.74, 6) is 0.813. The summed E-state index contributed by atoms with van der Waals surface area (Å²) >= 11 is 0. The van der Waals surface area contributed by atoms with Crippen LogP contribution in [0.15, 0.2) is 42.6 Å². The number of nitrogens with zero attached hydrogens (tertiary/aromatic N) is 1. The number of hydrogen-bond acceptors (Lipinski definition) is 4. The second kappa shape index (κ2) is 7.13. The zero-order chi connectivity index (χ0) is 16.1. The highest BCUT2D eigenvalue weighted by Crippen LogP contribution is 2.19. The van der Waals surface area contributed by atoms with Gasteiger partial charge in [0.25, 0.3) is 5.91 Å². The Kier molecular flexibility index (Phi) is 4.76. The van der Waals surface area contributed by atoms with Gasteiger partial charge in [-0.05, 0) is 43.0 Å². The van der Waals surface area contributed by atoms with Crippen molar-refractivity contribution in [3.05, 3.63) is 53.9 Å². The topological polar surface area (TPSA) is 63.2 Å². The number of para-hydroxylation sites is 1. The van der Waals surface area contributed by atoms with Crippen LogP contribution in [-0.2, 0) is 6.42 Å². The van der Waals surface area contributed by atoms with E-state index in [-0.39, 0.29) is 5.91 Å². The van der Waals surface area contributed by atoms with Gasteiger partial charge in [0.05, 0.1) is 19.0 Å². The Labute approximate surface area is 136 Å². The lowest BCUT2D eigenvalue weighted by molar-refractivity contribution is 0.0946. The van der Waals surface area contributed by atoms with Crippen LogP contribution in [0.2, 0.25) is 0 Å². The van der Waals surface area contributed by atoms with E-state index in [4.69, 9.17) is 4.74 Å². The second-order valence-electron chi connectivity index (χ2n) is 5.67. The normalized spacial score (nSPS) is 13.4. The number of carbonyl (C=O) groups excluding carboxylic acids is 1. The predicted octanol–water partition coefficient (Wildman–Crippen LogP) is 2.64. The van der Waals surface area contributed by atoms with Gasteiger partial charge >= 0.3 is 0 Å². The number of ether oxygens (including phenoxy) is 1. The third kappa shape index (κ3) is 4.22. The molecule has 23 heavy (non-hydrogen) atoms. The van der Waals surface area contributed by atoms with Crippen molar-refractivity contribution in [1.82, 2.24) is 10.3 Å². The molecule has 1 amide bonds. The molecule has 1 fully saturated rings. The van der Waals surface area contributed by atoms with Crippen LogP contribution in [0.3, 0.4) is 0 Å². The van der Waals surface area contributed by atoms with Crippen molar-refractivity contribution in [1.29, 1.82) is 0 Å². The first-order chi connectivity index (χ1) is 11.3. The molecule has 0 spiro atoms. The lowest BCUT2D eigenvalue weighted by atomic mass is 10.1. The minimum atomic E-state index is -0.0897. The van der Waals surface area contributed by atoms with Crippen molar-refractivity contribution in [3.8, 4) is 5.75 Å². The Morgan fingerprint density at radius 3 is 2.78 bits per heavy atom. The number of hydrogen-bond donors (Lipinski definition) is 2. The van der Waals surface area contributed by atoms with Crippen molar-refractivity contribution in [2.45, 2.75) is 25.3 Å².